The van der Waals surface area contributed by atoms with Crippen molar-refractivity contribution < 1.29 is 9.90 Å². The number of aliphatic carboxylic acids is 1. The molecule has 0 spiro atoms. The number of carboxylic acids is 1. The summed E-state index contributed by atoms with van der Waals surface area (Å²) in [5, 5.41) is 9.75. The second kappa shape index (κ2) is 5.16. The molecule has 2 aromatic rings. The zero-order chi connectivity index (χ0) is 10.8. The average molecular weight is 285 g/mol. The van der Waals surface area contributed by atoms with Crippen LogP contribution in [0.4, 0.5) is 0 Å². The molecule has 0 fully saturated rings. The Labute approximate surface area is 103 Å². The van der Waals surface area contributed by atoms with Gasteiger partial charge in [0.15, 0.2) is 0 Å². The minimum absolute atomic E-state index is 0. The summed E-state index contributed by atoms with van der Waals surface area (Å²) in [7, 11) is 0. The third kappa shape index (κ3) is 2.44. The summed E-state index contributed by atoms with van der Waals surface area (Å²) in [6, 6.07) is 6.91. The third-order valence-electron chi connectivity index (χ3n) is 2.43. The van der Waals surface area contributed by atoms with Crippen molar-refractivity contribution in [2.24, 2.45) is 5.73 Å². The summed E-state index contributed by atoms with van der Waals surface area (Å²) in [5.74, 6) is -0.972. The van der Waals surface area contributed by atoms with Crippen LogP contribution in [0.3, 0.4) is 0 Å². The molecular weight excluding hydrogens is 271 g/mol. The van der Waals surface area contributed by atoms with Crippen molar-refractivity contribution in [1.29, 1.82) is 0 Å². The molecule has 0 radical (unpaired) electrons. The molecule has 86 valence electrons. The number of hydrogen-bond donors (Lipinski definition) is 3. The quantitative estimate of drug-likeness (QED) is 0.705. The number of aromatic nitrogens is 1. The zero-order valence-electron chi connectivity index (χ0n) is 8.60. The molecule has 0 bridgehead atoms. The molecule has 5 heteroatoms. The molecule has 0 aliphatic heterocycles. The third-order valence-corrected chi connectivity index (χ3v) is 2.43. The van der Waals surface area contributed by atoms with Crippen molar-refractivity contribution in [3.8, 4) is 0 Å². The first-order valence-corrected chi connectivity index (χ1v) is 4.72. The molecule has 4 N–H and O–H groups in total. The number of carbonyl (C=O) groups is 1. The maximum atomic E-state index is 10.6. The van der Waals surface area contributed by atoms with Gasteiger partial charge in [-0.3, -0.25) is 4.79 Å². The maximum absolute atomic E-state index is 10.6. The number of fused-ring (bicyclic) bond motifs is 1. The molecule has 0 amide bonds. The summed E-state index contributed by atoms with van der Waals surface area (Å²) in [4.78, 5) is 13.7. The van der Waals surface area contributed by atoms with E-state index in [1.54, 1.807) is 0 Å². The topological polar surface area (TPSA) is 79.1 Å². The summed E-state index contributed by atoms with van der Waals surface area (Å²) in [6.07, 6.45) is 2.16. The standard InChI is InChI=1S/C11H12N2O2.H2Se/c12-9(11(14)15)5-7-6-13-10-4-2-1-3-8(7)10;/h1-4,6,9,13H,5,12H2,(H,14,15);1H2. The van der Waals surface area contributed by atoms with Gasteiger partial charge >= 0.3 is 23.0 Å². The molecule has 4 nitrogen and oxygen atoms in total. The summed E-state index contributed by atoms with van der Waals surface area (Å²) < 4.78 is 0. The molecule has 0 saturated carbocycles. The summed E-state index contributed by atoms with van der Waals surface area (Å²) >= 11 is 0. The molecule has 1 aromatic heterocycles. The van der Waals surface area contributed by atoms with Crippen LogP contribution in [0.25, 0.3) is 10.9 Å². The number of aromatic amines is 1. The Balaban J connectivity index is 0.00000128. The van der Waals surface area contributed by atoms with Crippen molar-refractivity contribution in [2.45, 2.75) is 12.5 Å². The van der Waals surface area contributed by atoms with E-state index in [1.165, 1.54) is 0 Å². The number of hydrogen-bond acceptors (Lipinski definition) is 2. The monoisotopic (exact) mass is 286 g/mol. The predicted molar refractivity (Wildman–Crippen MR) is 66.2 cm³/mol. The van der Waals surface area contributed by atoms with Crippen LogP contribution in [0.1, 0.15) is 5.56 Å². The van der Waals surface area contributed by atoms with Crippen LogP contribution in [-0.4, -0.2) is 39.2 Å². The van der Waals surface area contributed by atoms with Crippen molar-refractivity contribution in [1.82, 2.24) is 4.98 Å². The van der Waals surface area contributed by atoms with Crippen LogP contribution in [0.2, 0.25) is 0 Å². The van der Waals surface area contributed by atoms with Crippen LogP contribution >= 0.6 is 0 Å². The molecule has 1 heterocycles. The Kier molecular flexibility index (Phi) is 4.12. The Morgan fingerprint density at radius 2 is 2.12 bits per heavy atom. The molecule has 0 aliphatic carbocycles. The van der Waals surface area contributed by atoms with Gasteiger partial charge in [-0.15, -0.1) is 0 Å². The number of nitrogens with one attached hydrogen (secondary N) is 1. The van der Waals surface area contributed by atoms with Gasteiger partial charge in [0.1, 0.15) is 6.04 Å². The van der Waals surface area contributed by atoms with E-state index in [0.29, 0.717) is 6.42 Å². The first kappa shape index (κ1) is 12.8. The zero-order valence-corrected chi connectivity index (χ0v) is 10.7. The first-order valence-electron chi connectivity index (χ1n) is 4.72. The van der Waals surface area contributed by atoms with Crippen LogP contribution in [0.15, 0.2) is 30.5 Å². The average Bonchev–Trinajstić information content (AvgIpc) is 2.62. The Bertz CT molecular complexity index is 495. The predicted octanol–water partition coefficient (Wildman–Crippen LogP) is 0.206. The Morgan fingerprint density at radius 3 is 2.81 bits per heavy atom. The Morgan fingerprint density at radius 1 is 1.44 bits per heavy atom. The van der Waals surface area contributed by atoms with Gasteiger partial charge in [-0.2, -0.15) is 0 Å². The van der Waals surface area contributed by atoms with Gasteiger partial charge in [0, 0.05) is 23.5 Å². The first-order chi connectivity index (χ1) is 7.18. The van der Waals surface area contributed by atoms with Gasteiger partial charge in [-0.05, 0) is 11.6 Å². The molecule has 1 aromatic carbocycles. The van der Waals surface area contributed by atoms with E-state index in [0.717, 1.165) is 16.5 Å². The van der Waals surface area contributed by atoms with Crippen molar-refractivity contribution >= 4 is 33.9 Å². The van der Waals surface area contributed by atoms with E-state index in [4.69, 9.17) is 10.8 Å². The number of carboxylic acid groups (broad SMARTS) is 1. The summed E-state index contributed by atoms with van der Waals surface area (Å²) in [5.41, 5.74) is 7.43. The van der Waals surface area contributed by atoms with E-state index in [2.05, 4.69) is 4.98 Å². The number of benzene rings is 1. The van der Waals surface area contributed by atoms with Gasteiger partial charge in [-0.1, -0.05) is 18.2 Å². The molecular formula is C11H14N2O2Se. The molecule has 1 atom stereocenters. The van der Waals surface area contributed by atoms with Crippen LogP contribution in [0, 0.1) is 0 Å². The van der Waals surface area contributed by atoms with Gasteiger partial charge in [0.25, 0.3) is 0 Å². The van der Waals surface area contributed by atoms with Gasteiger partial charge < -0.3 is 15.8 Å². The molecule has 1 unspecified atom stereocenters. The number of rotatable bonds is 3. The summed E-state index contributed by atoms with van der Waals surface area (Å²) in [6.45, 7) is 0. The number of H-pyrrole nitrogens is 1. The fourth-order valence-corrected chi connectivity index (χ4v) is 1.62. The van der Waals surface area contributed by atoms with E-state index >= 15 is 0 Å². The van der Waals surface area contributed by atoms with Crippen molar-refractivity contribution in [3.05, 3.63) is 36.0 Å². The number of para-hydroxylation sites is 1. The van der Waals surface area contributed by atoms with Crippen molar-refractivity contribution in [3.63, 3.8) is 0 Å². The SMILES string of the molecule is NC(Cc1c[nH]c2ccccc12)C(=O)O.[SeH2]. The Hall–Kier alpha value is -1.29. The fraction of sp³-hybridized carbons (Fsp3) is 0.182. The van der Waals surface area contributed by atoms with Crippen LogP contribution in [0.5, 0.6) is 0 Å². The van der Waals surface area contributed by atoms with Crippen LogP contribution in [-0.2, 0) is 11.2 Å². The van der Waals surface area contributed by atoms with E-state index in [-0.39, 0.29) is 17.1 Å². The van der Waals surface area contributed by atoms with Crippen LogP contribution < -0.4 is 5.73 Å². The molecule has 2 rings (SSSR count). The van der Waals surface area contributed by atoms with Gasteiger partial charge in [0.05, 0.1) is 0 Å². The van der Waals surface area contributed by atoms with E-state index in [9.17, 15) is 4.79 Å². The van der Waals surface area contributed by atoms with E-state index in [1.807, 2.05) is 30.5 Å². The minimum atomic E-state index is -0.972. The molecule has 16 heavy (non-hydrogen) atoms. The van der Waals surface area contributed by atoms with Gasteiger partial charge in [-0.25, -0.2) is 0 Å². The number of nitrogens with two attached hydrogens (primary N) is 1. The molecule has 0 aliphatic rings. The second-order valence-corrected chi connectivity index (χ2v) is 3.51. The van der Waals surface area contributed by atoms with E-state index < -0.39 is 12.0 Å². The normalized spacial score (nSPS) is 12.1. The van der Waals surface area contributed by atoms with Crippen molar-refractivity contribution in [2.75, 3.05) is 0 Å². The van der Waals surface area contributed by atoms with Gasteiger partial charge in [0.2, 0.25) is 0 Å². The fourth-order valence-electron chi connectivity index (χ4n) is 1.62. The molecule has 0 saturated heterocycles. The second-order valence-electron chi connectivity index (χ2n) is 3.51.